The first kappa shape index (κ1) is 19.4. The van der Waals surface area contributed by atoms with Gasteiger partial charge in [-0.05, 0) is 66.3 Å². The lowest BCUT2D eigenvalue weighted by atomic mass is 9.97. The average molecular weight is 436 g/mol. The van der Waals surface area contributed by atoms with Crippen molar-refractivity contribution in [1.29, 1.82) is 0 Å². The quantitative estimate of drug-likeness (QED) is 0.553. The zero-order valence-corrected chi connectivity index (χ0v) is 17.6. The molecule has 166 valence electrons. The van der Waals surface area contributed by atoms with Gasteiger partial charge in [0, 0.05) is 24.8 Å². The molecule has 3 aromatic rings. The van der Waals surface area contributed by atoms with Gasteiger partial charge in [0.05, 0.1) is 17.8 Å². The molecule has 1 atom stereocenters. The molecule has 10 heteroatoms. The summed E-state index contributed by atoms with van der Waals surface area (Å²) in [5.41, 5.74) is 2.65. The summed E-state index contributed by atoms with van der Waals surface area (Å²) in [6.07, 6.45) is 5.05. The van der Waals surface area contributed by atoms with E-state index in [4.69, 9.17) is 14.2 Å². The number of ether oxygens (including phenoxy) is 3. The van der Waals surface area contributed by atoms with Gasteiger partial charge in [0.15, 0.2) is 5.82 Å². The number of rotatable bonds is 7. The number of fused-ring (bicyclic) bond motifs is 3. The molecular formula is C22H24N6O4. The van der Waals surface area contributed by atoms with E-state index in [9.17, 15) is 4.79 Å². The van der Waals surface area contributed by atoms with Gasteiger partial charge >= 0.3 is 5.69 Å². The summed E-state index contributed by atoms with van der Waals surface area (Å²) >= 11 is 0. The van der Waals surface area contributed by atoms with Gasteiger partial charge in [-0.1, -0.05) is 0 Å². The van der Waals surface area contributed by atoms with Gasteiger partial charge in [0.25, 0.3) is 0 Å². The van der Waals surface area contributed by atoms with Gasteiger partial charge in [0.1, 0.15) is 19.0 Å². The molecule has 0 bridgehead atoms. The minimum absolute atomic E-state index is 0.0727. The summed E-state index contributed by atoms with van der Waals surface area (Å²) in [5, 5.41) is 11.9. The van der Waals surface area contributed by atoms with Crippen molar-refractivity contribution >= 4 is 0 Å². The van der Waals surface area contributed by atoms with E-state index in [-0.39, 0.29) is 11.8 Å². The van der Waals surface area contributed by atoms with Crippen LogP contribution in [0.3, 0.4) is 0 Å². The topological polar surface area (TPSA) is 106 Å². The van der Waals surface area contributed by atoms with Crippen LogP contribution < -0.4 is 15.2 Å². The molecule has 0 spiro atoms. The van der Waals surface area contributed by atoms with Gasteiger partial charge in [-0.15, -0.1) is 5.10 Å². The maximum Gasteiger partial charge on any atom is 0.351 e. The minimum atomic E-state index is -0.289. The van der Waals surface area contributed by atoms with E-state index in [1.165, 1.54) is 0 Å². The number of nitrogens with zero attached hydrogens (tertiary/aromatic N) is 6. The van der Waals surface area contributed by atoms with Crippen LogP contribution in [0.2, 0.25) is 0 Å². The van der Waals surface area contributed by atoms with Crippen LogP contribution >= 0.6 is 0 Å². The summed E-state index contributed by atoms with van der Waals surface area (Å²) in [4.78, 5) is 16.7. The average Bonchev–Trinajstić information content (AvgIpc) is 3.31. The first-order valence-corrected chi connectivity index (χ1v) is 11.1. The van der Waals surface area contributed by atoms with Crippen molar-refractivity contribution in [3.63, 3.8) is 0 Å². The fourth-order valence-electron chi connectivity index (χ4n) is 4.36. The highest BCUT2D eigenvalue weighted by Crippen LogP contribution is 2.35. The van der Waals surface area contributed by atoms with Crippen LogP contribution in [-0.2, 0) is 24.3 Å². The molecule has 2 aromatic heterocycles. The van der Waals surface area contributed by atoms with Crippen LogP contribution in [0.1, 0.15) is 43.1 Å². The highest BCUT2D eigenvalue weighted by molar-refractivity contribution is 5.67. The van der Waals surface area contributed by atoms with E-state index in [0.717, 1.165) is 67.1 Å². The third-order valence-electron chi connectivity index (χ3n) is 6.21. The normalized spacial score (nSPS) is 19.4. The molecule has 3 aliphatic rings. The monoisotopic (exact) mass is 436 g/mol. The number of benzene rings is 1. The molecule has 1 unspecified atom stereocenters. The van der Waals surface area contributed by atoms with Crippen LogP contribution in [0.15, 0.2) is 29.1 Å². The summed E-state index contributed by atoms with van der Waals surface area (Å²) in [6, 6.07) is 8.19. The van der Waals surface area contributed by atoms with Gasteiger partial charge in [0.2, 0.25) is 5.88 Å². The Bertz CT molecular complexity index is 1200. The third kappa shape index (κ3) is 3.75. The zero-order chi connectivity index (χ0) is 21.5. The fourth-order valence-corrected chi connectivity index (χ4v) is 4.36. The van der Waals surface area contributed by atoms with Crippen molar-refractivity contribution < 1.29 is 14.2 Å². The van der Waals surface area contributed by atoms with E-state index >= 15 is 0 Å². The number of hydrogen-bond donors (Lipinski definition) is 0. The van der Waals surface area contributed by atoms with Crippen LogP contribution in [0.4, 0.5) is 0 Å². The summed E-state index contributed by atoms with van der Waals surface area (Å²) in [5.74, 6) is 1.84. The van der Waals surface area contributed by atoms with Gasteiger partial charge in [-0.2, -0.15) is 4.98 Å². The second-order valence-electron chi connectivity index (χ2n) is 8.49. The Hall–Kier alpha value is -3.27. The van der Waals surface area contributed by atoms with Crippen LogP contribution in [-0.4, -0.2) is 49.1 Å². The van der Waals surface area contributed by atoms with Gasteiger partial charge in [-0.25, -0.2) is 9.48 Å². The molecule has 2 aliphatic heterocycles. The second-order valence-corrected chi connectivity index (χ2v) is 8.49. The van der Waals surface area contributed by atoms with E-state index in [0.29, 0.717) is 31.7 Å². The van der Waals surface area contributed by atoms with E-state index in [1.807, 2.05) is 28.9 Å². The third-order valence-corrected chi connectivity index (χ3v) is 6.21. The van der Waals surface area contributed by atoms with Gasteiger partial charge < -0.3 is 14.2 Å². The predicted molar refractivity (Wildman–Crippen MR) is 113 cm³/mol. The fraction of sp³-hybridized carbons (Fsp3) is 0.500. The molecule has 4 heterocycles. The van der Waals surface area contributed by atoms with Gasteiger partial charge in [-0.3, -0.25) is 4.57 Å². The number of hydrogen-bond acceptors (Lipinski definition) is 8. The Morgan fingerprint density at radius 2 is 2.09 bits per heavy atom. The van der Waals surface area contributed by atoms with Crippen molar-refractivity contribution in [2.75, 3.05) is 13.2 Å². The lowest BCUT2D eigenvalue weighted by Crippen LogP contribution is -2.29. The minimum Gasteiger partial charge on any atom is -0.486 e. The lowest BCUT2D eigenvalue weighted by molar-refractivity contribution is 0.0661. The Morgan fingerprint density at radius 3 is 2.94 bits per heavy atom. The van der Waals surface area contributed by atoms with Crippen LogP contribution in [0, 0.1) is 0 Å². The molecule has 0 radical (unpaired) electrons. The molecule has 1 saturated carbocycles. The summed E-state index contributed by atoms with van der Waals surface area (Å²) in [6.45, 7) is 2.07. The Labute approximate surface area is 184 Å². The largest absolute Gasteiger partial charge is 0.486 e. The van der Waals surface area contributed by atoms with Crippen molar-refractivity contribution in [3.8, 4) is 22.9 Å². The first-order valence-electron chi connectivity index (χ1n) is 11.1. The van der Waals surface area contributed by atoms with E-state index in [1.54, 1.807) is 4.57 Å². The molecule has 10 nitrogen and oxygen atoms in total. The van der Waals surface area contributed by atoms with Crippen LogP contribution in [0.5, 0.6) is 11.6 Å². The Balaban J connectivity index is 1.21. The molecule has 2 fully saturated rings. The van der Waals surface area contributed by atoms with Crippen LogP contribution in [0.25, 0.3) is 11.3 Å². The smallest absolute Gasteiger partial charge is 0.351 e. The number of aryl methyl sites for hydroxylation is 1. The first-order chi connectivity index (χ1) is 15.7. The number of aromatic nitrogens is 6. The molecular weight excluding hydrogens is 412 g/mol. The number of tetrazole rings is 1. The summed E-state index contributed by atoms with van der Waals surface area (Å²) in [7, 11) is 0. The highest BCUT2D eigenvalue weighted by atomic mass is 16.5. The van der Waals surface area contributed by atoms with Crippen molar-refractivity contribution in [2.24, 2.45) is 0 Å². The maximum atomic E-state index is 12.6. The molecule has 1 aliphatic carbocycles. The van der Waals surface area contributed by atoms with Crippen molar-refractivity contribution in [1.82, 2.24) is 29.8 Å². The molecule has 0 N–H and O–H groups in total. The predicted octanol–water partition coefficient (Wildman–Crippen LogP) is 1.92. The molecule has 6 rings (SSSR count). The van der Waals surface area contributed by atoms with E-state index < -0.39 is 0 Å². The Morgan fingerprint density at radius 1 is 1.16 bits per heavy atom. The Kier molecular flexibility index (Phi) is 4.86. The highest BCUT2D eigenvalue weighted by Gasteiger charge is 2.28. The van der Waals surface area contributed by atoms with Crippen molar-refractivity contribution in [2.45, 2.75) is 57.4 Å². The molecule has 32 heavy (non-hydrogen) atoms. The lowest BCUT2D eigenvalue weighted by Gasteiger charge is -2.22. The molecule has 1 aromatic carbocycles. The standard InChI is InChI=1S/C22H24N6O4/c29-22-23-21(32-12-17-2-1-9-30-17)11-19-18-6-5-16(10-14(18)7-8-27(19)22)31-13-20-24-25-26-28(20)15-3-4-15/h5-6,10-11,15,17H,1-4,7-9,12-13H2. The molecule has 1 saturated heterocycles. The zero-order valence-electron chi connectivity index (χ0n) is 17.6. The van der Waals surface area contributed by atoms with E-state index in [2.05, 4.69) is 20.5 Å². The maximum absolute atomic E-state index is 12.6. The summed E-state index contributed by atoms with van der Waals surface area (Å²) < 4.78 is 20.9. The SMILES string of the molecule is O=c1nc(OCC2CCCO2)cc2n1CCc1cc(OCc3nnnn3C3CC3)ccc1-2. The second kappa shape index (κ2) is 8.01. The molecule has 0 amide bonds. The van der Waals surface area contributed by atoms with Crippen molar-refractivity contribution in [3.05, 3.63) is 46.1 Å².